The van der Waals surface area contributed by atoms with Gasteiger partial charge in [0.25, 0.3) is 0 Å². The molecule has 0 saturated carbocycles. The molecule has 0 bridgehead atoms. The van der Waals surface area contributed by atoms with Crippen molar-refractivity contribution >= 4 is 18.3 Å². The summed E-state index contributed by atoms with van der Waals surface area (Å²) in [4.78, 5) is 14.6. The van der Waals surface area contributed by atoms with Crippen LogP contribution in [0.5, 0.6) is 11.5 Å². The van der Waals surface area contributed by atoms with Gasteiger partial charge in [-0.15, -0.1) is 12.4 Å². The van der Waals surface area contributed by atoms with Crippen molar-refractivity contribution in [2.24, 2.45) is 11.1 Å². The number of nitrogens with two attached hydrogens (primary N) is 1. The Labute approximate surface area is 162 Å². The zero-order chi connectivity index (χ0) is 18.6. The van der Waals surface area contributed by atoms with Gasteiger partial charge in [-0.3, -0.25) is 9.69 Å². The van der Waals surface area contributed by atoms with Crippen LogP contribution >= 0.6 is 12.4 Å². The molecule has 26 heavy (non-hydrogen) atoms. The number of aryl methyl sites for hydroxylation is 1. The number of halogens is 1. The smallest absolute Gasteiger partial charge is 0.234 e. The van der Waals surface area contributed by atoms with Crippen molar-refractivity contribution in [1.82, 2.24) is 10.2 Å². The molecule has 1 aliphatic rings. The quantitative estimate of drug-likeness (QED) is 0.753. The Morgan fingerprint density at radius 2 is 1.96 bits per heavy atom. The lowest BCUT2D eigenvalue weighted by molar-refractivity contribution is -0.122. The van der Waals surface area contributed by atoms with Crippen molar-refractivity contribution in [2.45, 2.75) is 33.2 Å². The largest absolute Gasteiger partial charge is 0.493 e. The van der Waals surface area contributed by atoms with Crippen molar-refractivity contribution < 1.29 is 14.3 Å². The van der Waals surface area contributed by atoms with E-state index in [0.29, 0.717) is 24.6 Å². The lowest BCUT2D eigenvalue weighted by Crippen LogP contribution is -2.39. The Morgan fingerprint density at radius 1 is 1.35 bits per heavy atom. The van der Waals surface area contributed by atoms with E-state index in [1.807, 2.05) is 26.0 Å². The van der Waals surface area contributed by atoms with E-state index < -0.39 is 0 Å². The van der Waals surface area contributed by atoms with Gasteiger partial charge in [-0.05, 0) is 62.0 Å². The first-order valence-electron chi connectivity index (χ1n) is 8.76. The fourth-order valence-corrected chi connectivity index (χ4v) is 3.46. The minimum atomic E-state index is -0.101. The van der Waals surface area contributed by atoms with Crippen molar-refractivity contribution in [2.75, 3.05) is 40.4 Å². The van der Waals surface area contributed by atoms with Gasteiger partial charge in [-0.1, -0.05) is 6.92 Å². The van der Waals surface area contributed by atoms with Gasteiger partial charge in [0.2, 0.25) is 5.91 Å². The van der Waals surface area contributed by atoms with Gasteiger partial charge >= 0.3 is 0 Å². The van der Waals surface area contributed by atoms with Gasteiger partial charge in [-0.25, -0.2) is 0 Å². The van der Waals surface area contributed by atoms with Gasteiger partial charge in [0.05, 0.1) is 26.8 Å². The highest BCUT2D eigenvalue weighted by atomic mass is 35.5. The number of hydrogen-bond acceptors (Lipinski definition) is 5. The summed E-state index contributed by atoms with van der Waals surface area (Å²) in [6.45, 7) is 9.04. The number of rotatable bonds is 7. The molecule has 6 nitrogen and oxygen atoms in total. The Hall–Kier alpha value is -1.50. The van der Waals surface area contributed by atoms with Crippen LogP contribution in [0.2, 0.25) is 0 Å². The number of carbonyl (C=O) groups is 1. The highest BCUT2D eigenvalue weighted by molar-refractivity contribution is 5.85. The Bertz CT molecular complexity index is 626. The third kappa shape index (κ3) is 5.25. The molecular weight excluding hydrogens is 354 g/mol. The van der Waals surface area contributed by atoms with E-state index in [4.69, 9.17) is 15.2 Å². The molecule has 0 radical (unpaired) electrons. The normalized spacial score (nSPS) is 21.0. The first kappa shape index (κ1) is 22.5. The SMILES string of the molecule is COc1cc(C)c(C(C)NC(=O)CN2CCC(C)(CN)C2)cc1OC.Cl. The van der Waals surface area contributed by atoms with Gasteiger partial charge in [0, 0.05) is 6.54 Å². The highest BCUT2D eigenvalue weighted by Gasteiger charge is 2.33. The number of nitrogens with zero attached hydrogens (tertiary/aromatic N) is 1. The molecule has 2 atom stereocenters. The molecule has 0 aliphatic carbocycles. The zero-order valence-corrected chi connectivity index (χ0v) is 17.2. The molecule has 0 aromatic heterocycles. The topological polar surface area (TPSA) is 76.8 Å². The van der Waals surface area contributed by atoms with Gasteiger partial charge in [0.15, 0.2) is 11.5 Å². The third-order valence-corrected chi connectivity index (χ3v) is 5.11. The monoisotopic (exact) mass is 385 g/mol. The Kier molecular flexibility index (Phi) is 8.18. The summed E-state index contributed by atoms with van der Waals surface area (Å²) in [5.74, 6) is 1.39. The standard InChI is InChI=1S/C19H31N3O3.ClH/c1-13-8-16(24-4)17(25-5)9-15(13)14(2)21-18(23)10-22-7-6-19(3,11-20)12-22;/h8-9,14H,6-7,10-12,20H2,1-5H3,(H,21,23);1H. The summed E-state index contributed by atoms with van der Waals surface area (Å²) in [6.07, 6.45) is 1.04. The van der Waals surface area contributed by atoms with Crippen molar-refractivity contribution in [3.05, 3.63) is 23.3 Å². The molecule has 1 saturated heterocycles. The number of carbonyl (C=O) groups excluding carboxylic acids is 1. The Morgan fingerprint density at radius 3 is 2.50 bits per heavy atom. The molecule has 2 rings (SSSR count). The molecule has 0 spiro atoms. The summed E-state index contributed by atoms with van der Waals surface area (Å²) < 4.78 is 10.7. The average Bonchev–Trinajstić information content (AvgIpc) is 2.95. The van der Waals surface area contributed by atoms with Crippen LogP contribution in [0.3, 0.4) is 0 Å². The van der Waals surface area contributed by atoms with E-state index in [2.05, 4.69) is 17.1 Å². The van der Waals surface area contributed by atoms with Crippen LogP contribution in [-0.4, -0.2) is 51.2 Å². The maximum Gasteiger partial charge on any atom is 0.234 e. The third-order valence-electron chi connectivity index (χ3n) is 5.11. The molecule has 1 fully saturated rings. The second kappa shape index (κ2) is 9.44. The van der Waals surface area contributed by atoms with E-state index >= 15 is 0 Å². The molecule has 1 amide bonds. The lowest BCUT2D eigenvalue weighted by atomic mass is 9.90. The molecule has 1 aliphatic heterocycles. The fraction of sp³-hybridized carbons (Fsp3) is 0.632. The van der Waals surface area contributed by atoms with Gasteiger partial charge in [-0.2, -0.15) is 0 Å². The van der Waals surface area contributed by atoms with Crippen molar-refractivity contribution in [3.8, 4) is 11.5 Å². The van der Waals surface area contributed by atoms with E-state index in [0.717, 1.165) is 30.6 Å². The average molecular weight is 386 g/mol. The van der Waals surface area contributed by atoms with Crippen LogP contribution in [0.25, 0.3) is 0 Å². The van der Waals surface area contributed by atoms with Crippen LogP contribution in [0.15, 0.2) is 12.1 Å². The number of nitrogens with one attached hydrogen (secondary N) is 1. The summed E-state index contributed by atoms with van der Waals surface area (Å²) >= 11 is 0. The molecule has 3 N–H and O–H groups in total. The number of hydrogen-bond donors (Lipinski definition) is 2. The molecule has 1 aromatic rings. The predicted molar refractivity (Wildman–Crippen MR) is 106 cm³/mol. The first-order valence-corrected chi connectivity index (χ1v) is 8.76. The molecular formula is C19H32ClN3O3. The van der Waals surface area contributed by atoms with Crippen LogP contribution < -0.4 is 20.5 Å². The van der Waals surface area contributed by atoms with Crippen LogP contribution in [-0.2, 0) is 4.79 Å². The highest BCUT2D eigenvalue weighted by Crippen LogP contribution is 2.33. The number of benzene rings is 1. The summed E-state index contributed by atoms with van der Waals surface area (Å²) in [5.41, 5.74) is 8.05. The maximum absolute atomic E-state index is 12.4. The summed E-state index contributed by atoms with van der Waals surface area (Å²) in [5, 5.41) is 3.09. The van der Waals surface area contributed by atoms with Crippen LogP contribution in [0.1, 0.15) is 37.4 Å². The number of likely N-dealkylation sites (tertiary alicyclic amines) is 1. The molecule has 2 unspecified atom stereocenters. The minimum absolute atomic E-state index is 0. The second-order valence-electron chi connectivity index (χ2n) is 7.33. The van der Waals surface area contributed by atoms with Gasteiger partial charge < -0.3 is 20.5 Å². The number of ether oxygens (including phenoxy) is 2. The number of amides is 1. The van der Waals surface area contributed by atoms with E-state index in [1.165, 1.54) is 0 Å². The zero-order valence-electron chi connectivity index (χ0n) is 16.4. The molecule has 148 valence electrons. The second-order valence-corrected chi connectivity index (χ2v) is 7.33. The van der Waals surface area contributed by atoms with E-state index in [1.54, 1.807) is 14.2 Å². The minimum Gasteiger partial charge on any atom is -0.493 e. The number of methoxy groups -OCH3 is 2. The van der Waals surface area contributed by atoms with E-state index in [-0.39, 0.29) is 29.8 Å². The van der Waals surface area contributed by atoms with Gasteiger partial charge in [0.1, 0.15) is 0 Å². The molecule has 7 heteroatoms. The summed E-state index contributed by atoms with van der Waals surface area (Å²) in [6, 6.07) is 3.76. The fourth-order valence-electron chi connectivity index (χ4n) is 3.46. The lowest BCUT2D eigenvalue weighted by Gasteiger charge is -2.23. The summed E-state index contributed by atoms with van der Waals surface area (Å²) in [7, 11) is 3.23. The van der Waals surface area contributed by atoms with Crippen molar-refractivity contribution in [1.29, 1.82) is 0 Å². The molecule has 1 heterocycles. The van der Waals surface area contributed by atoms with Crippen molar-refractivity contribution in [3.63, 3.8) is 0 Å². The predicted octanol–water partition coefficient (Wildman–Crippen LogP) is 2.28. The van der Waals surface area contributed by atoms with E-state index in [9.17, 15) is 4.79 Å². The maximum atomic E-state index is 12.4. The molecule has 1 aromatic carbocycles. The first-order chi connectivity index (χ1) is 11.8. The van der Waals surface area contributed by atoms with Crippen LogP contribution in [0, 0.1) is 12.3 Å². The van der Waals surface area contributed by atoms with Crippen LogP contribution in [0.4, 0.5) is 0 Å². The Balaban J connectivity index is 0.00000338.